The van der Waals surface area contributed by atoms with Crippen LogP contribution in [0.3, 0.4) is 0 Å². The Hall–Kier alpha value is -2.30. The number of hydrogen-bond acceptors (Lipinski definition) is 1. The Kier molecular flexibility index (Phi) is 6.60. The minimum absolute atomic E-state index is 0.0567. The van der Waals surface area contributed by atoms with E-state index in [1.165, 1.54) is 27.6 Å². The fourth-order valence-electron chi connectivity index (χ4n) is 7.16. The fraction of sp³-hybridized carbons (Fsp3) is 0.273. The first-order valence-electron chi connectivity index (χ1n) is 13.1. The highest BCUT2D eigenvalue weighted by Crippen LogP contribution is 2.75. The lowest BCUT2D eigenvalue weighted by atomic mass is 9.80. The summed E-state index contributed by atoms with van der Waals surface area (Å²) in [6.45, 7) is 2.54. The van der Waals surface area contributed by atoms with Gasteiger partial charge in [-0.05, 0) is 73.8 Å². The van der Waals surface area contributed by atoms with Gasteiger partial charge in [0, 0.05) is 5.16 Å². The van der Waals surface area contributed by atoms with Crippen LogP contribution >= 0.6 is 15.8 Å². The van der Waals surface area contributed by atoms with Gasteiger partial charge < -0.3 is 5.11 Å². The number of hydrogen-bond donors (Lipinski definition) is 1. The monoisotopic (exact) mass is 508 g/mol. The maximum absolute atomic E-state index is 12.0. The molecule has 0 aliphatic heterocycles. The lowest BCUT2D eigenvalue weighted by Crippen LogP contribution is -2.51. The van der Waals surface area contributed by atoms with Gasteiger partial charge in [-0.25, -0.2) is 0 Å². The van der Waals surface area contributed by atoms with Crippen molar-refractivity contribution in [1.82, 2.24) is 0 Å². The van der Waals surface area contributed by atoms with Crippen LogP contribution in [0.5, 0.6) is 0 Å². The van der Waals surface area contributed by atoms with Crippen molar-refractivity contribution in [3.05, 3.63) is 121 Å². The molecule has 0 aromatic heterocycles. The number of benzene rings is 4. The summed E-state index contributed by atoms with van der Waals surface area (Å²) in [7, 11) is -1.27. The van der Waals surface area contributed by atoms with Crippen LogP contribution in [0.4, 0.5) is 0 Å². The first-order valence-corrected chi connectivity index (χ1v) is 16.0. The fourth-order valence-corrected chi connectivity index (χ4v) is 13.9. The number of fused-ring (bicyclic) bond motifs is 2. The minimum Gasteiger partial charge on any atom is -0.392 e. The number of aliphatic hydroxyl groups excluding tert-OH is 1. The van der Waals surface area contributed by atoms with E-state index in [2.05, 4.69) is 128 Å². The zero-order valence-corrected chi connectivity index (χ0v) is 22.7. The number of aliphatic hydroxyl groups is 1. The van der Waals surface area contributed by atoms with Gasteiger partial charge in [0.1, 0.15) is 0 Å². The van der Waals surface area contributed by atoms with Crippen LogP contribution in [0.1, 0.15) is 26.2 Å². The van der Waals surface area contributed by atoms with Crippen molar-refractivity contribution in [3.63, 3.8) is 0 Å². The summed E-state index contributed by atoms with van der Waals surface area (Å²) in [4.78, 5) is 0. The van der Waals surface area contributed by atoms with E-state index in [1.54, 1.807) is 0 Å². The normalized spacial score (nSPS) is 27.1. The summed E-state index contributed by atoms with van der Waals surface area (Å²) in [5, 5.41) is 17.5. The predicted molar refractivity (Wildman–Crippen MR) is 157 cm³/mol. The Bertz CT molecular complexity index is 1200. The van der Waals surface area contributed by atoms with E-state index in [9.17, 15) is 5.11 Å². The van der Waals surface area contributed by atoms with Crippen molar-refractivity contribution < 1.29 is 5.11 Å². The molecule has 0 amide bonds. The van der Waals surface area contributed by atoms with Crippen molar-refractivity contribution in [2.45, 2.75) is 37.4 Å². The van der Waals surface area contributed by atoms with E-state index in [0.717, 1.165) is 19.0 Å². The van der Waals surface area contributed by atoms with Crippen LogP contribution < -0.4 is 21.2 Å². The molecule has 2 fully saturated rings. The predicted octanol–water partition coefficient (Wildman–Crippen LogP) is 6.17. The summed E-state index contributed by atoms with van der Waals surface area (Å²) < 4.78 is 0. The Morgan fingerprint density at radius 2 is 1.08 bits per heavy atom. The molecule has 2 aliphatic carbocycles. The molecule has 4 atom stereocenters. The summed E-state index contributed by atoms with van der Waals surface area (Å²) >= 11 is 0. The topological polar surface area (TPSA) is 20.2 Å². The second-order valence-corrected chi connectivity index (χ2v) is 15.3. The first kappa shape index (κ1) is 24.1. The standard InChI is InChI=1S/C33H34OP2/c1-32(25-35(27-14-6-2-7-15-27)28-16-8-3-9-17-28)26-22-23-33(32,31(34)24-26)36(29-18-10-4-11-19-29)30-20-12-5-13-21-30/h2-21,26,31,34H,22-25H2,1H3. The molecule has 2 saturated carbocycles. The van der Waals surface area contributed by atoms with Gasteiger partial charge in [0.15, 0.2) is 0 Å². The van der Waals surface area contributed by atoms with Gasteiger partial charge in [0.25, 0.3) is 0 Å². The molecule has 0 radical (unpaired) electrons. The van der Waals surface area contributed by atoms with Crippen LogP contribution in [0.2, 0.25) is 0 Å². The molecule has 4 aromatic carbocycles. The zero-order valence-electron chi connectivity index (χ0n) is 20.9. The van der Waals surface area contributed by atoms with E-state index < -0.39 is 15.8 Å². The summed E-state index contributed by atoms with van der Waals surface area (Å²) in [6.07, 6.45) is 4.12. The van der Waals surface area contributed by atoms with Crippen molar-refractivity contribution in [3.8, 4) is 0 Å². The molecule has 1 N–H and O–H groups in total. The molecule has 36 heavy (non-hydrogen) atoms. The first-order chi connectivity index (χ1) is 17.6. The van der Waals surface area contributed by atoms with Crippen molar-refractivity contribution in [1.29, 1.82) is 0 Å². The van der Waals surface area contributed by atoms with Crippen LogP contribution in [0.15, 0.2) is 121 Å². The molecule has 0 saturated heterocycles. The third-order valence-corrected chi connectivity index (χ3v) is 15.1. The van der Waals surface area contributed by atoms with Crippen molar-refractivity contribution in [2.24, 2.45) is 11.3 Å². The van der Waals surface area contributed by atoms with Gasteiger partial charge >= 0.3 is 0 Å². The van der Waals surface area contributed by atoms with E-state index in [-0.39, 0.29) is 16.7 Å². The number of rotatable bonds is 7. The highest BCUT2D eigenvalue weighted by molar-refractivity contribution is 7.75. The average molecular weight is 509 g/mol. The SMILES string of the molecule is CC1(CP(c2ccccc2)c2ccccc2)C2CCC1(P(c1ccccc1)c1ccccc1)C(O)C2. The summed E-state index contributed by atoms with van der Waals surface area (Å²) in [6, 6.07) is 44.4. The lowest BCUT2D eigenvalue weighted by Gasteiger charge is -2.50. The van der Waals surface area contributed by atoms with Gasteiger partial charge in [-0.2, -0.15) is 0 Å². The van der Waals surface area contributed by atoms with E-state index in [1.807, 2.05) is 0 Å². The molecule has 3 heteroatoms. The molecule has 4 aromatic rings. The second-order valence-electron chi connectivity index (χ2n) is 10.6. The van der Waals surface area contributed by atoms with Crippen molar-refractivity contribution >= 4 is 37.1 Å². The van der Waals surface area contributed by atoms with Crippen molar-refractivity contribution in [2.75, 3.05) is 6.16 Å². The Morgan fingerprint density at radius 3 is 1.50 bits per heavy atom. The van der Waals surface area contributed by atoms with E-state index in [4.69, 9.17) is 0 Å². The Labute approximate surface area is 218 Å². The van der Waals surface area contributed by atoms with Crippen LogP contribution in [0.25, 0.3) is 0 Å². The second kappa shape index (κ2) is 9.87. The largest absolute Gasteiger partial charge is 0.392 e. The third-order valence-electron chi connectivity index (χ3n) is 8.87. The van der Waals surface area contributed by atoms with Crippen LogP contribution in [0, 0.1) is 11.3 Å². The maximum Gasteiger partial charge on any atom is 0.0650 e. The molecule has 6 rings (SSSR count). The molecule has 0 heterocycles. The van der Waals surface area contributed by atoms with Gasteiger partial charge in [-0.3, -0.25) is 0 Å². The lowest BCUT2D eigenvalue weighted by molar-refractivity contribution is 0.115. The molecule has 182 valence electrons. The van der Waals surface area contributed by atoms with Gasteiger partial charge in [0.2, 0.25) is 0 Å². The summed E-state index contributed by atoms with van der Waals surface area (Å²) in [5.41, 5.74) is 0.0567. The van der Waals surface area contributed by atoms with Gasteiger partial charge in [0.05, 0.1) is 6.10 Å². The third kappa shape index (κ3) is 3.88. The maximum atomic E-state index is 12.0. The highest BCUT2D eigenvalue weighted by atomic mass is 31.1. The van der Waals surface area contributed by atoms with E-state index >= 15 is 0 Å². The van der Waals surface area contributed by atoms with Crippen LogP contribution in [-0.2, 0) is 0 Å². The van der Waals surface area contributed by atoms with Gasteiger partial charge in [-0.15, -0.1) is 0 Å². The minimum atomic E-state index is -0.730. The molecule has 0 spiro atoms. The molecule has 4 unspecified atom stereocenters. The average Bonchev–Trinajstić information content (AvgIpc) is 3.32. The molecular weight excluding hydrogens is 474 g/mol. The van der Waals surface area contributed by atoms with E-state index in [0.29, 0.717) is 5.92 Å². The Morgan fingerprint density at radius 1 is 0.667 bits per heavy atom. The Balaban J connectivity index is 1.51. The molecular formula is C33H34OP2. The quantitative estimate of drug-likeness (QED) is 0.296. The molecule has 2 aliphatic rings. The van der Waals surface area contributed by atoms with Crippen LogP contribution in [-0.4, -0.2) is 22.5 Å². The van der Waals surface area contributed by atoms with Gasteiger partial charge in [-0.1, -0.05) is 128 Å². The highest BCUT2D eigenvalue weighted by Gasteiger charge is 2.69. The zero-order chi connectivity index (χ0) is 24.6. The summed E-state index contributed by atoms with van der Waals surface area (Å²) in [5.74, 6) is 0.558. The molecule has 2 bridgehead atoms. The molecule has 1 nitrogen and oxygen atoms in total. The smallest absolute Gasteiger partial charge is 0.0650 e.